The lowest BCUT2D eigenvalue weighted by Crippen LogP contribution is -2.51. The highest BCUT2D eigenvalue weighted by Gasteiger charge is 2.26. The summed E-state index contributed by atoms with van der Waals surface area (Å²) in [5.41, 5.74) is -0.367. The maximum atomic E-state index is 13.3. The molecule has 2 aromatic rings. The van der Waals surface area contributed by atoms with Gasteiger partial charge in [-0.3, -0.25) is 14.4 Å². The Morgan fingerprint density at radius 3 is 2.16 bits per heavy atom. The summed E-state index contributed by atoms with van der Waals surface area (Å²) in [6, 6.07) is 6.00. The number of hydrogen-bond acceptors (Lipinski definition) is 3. The quantitative estimate of drug-likeness (QED) is 0.889. The van der Waals surface area contributed by atoms with E-state index in [0.717, 1.165) is 12.1 Å². The number of carbonyl (C=O) groups is 2. The SMILES string of the molecule is O=C(c1ccc(F)c(F)c1)N1CCN(C(=O)c2ccc[nH]c2=O)CC1. The van der Waals surface area contributed by atoms with Crippen molar-refractivity contribution < 1.29 is 18.4 Å². The van der Waals surface area contributed by atoms with Crippen molar-refractivity contribution in [2.75, 3.05) is 26.2 Å². The molecule has 1 saturated heterocycles. The average Bonchev–Trinajstić information content (AvgIpc) is 2.63. The summed E-state index contributed by atoms with van der Waals surface area (Å²) in [6.07, 6.45) is 1.44. The molecule has 0 bridgehead atoms. The lowest BCUT2D eigenvalue weighted by molar-refractivity contribution is 0.0534. The van der Waals surface area contributed by atoms with Crippen LogP contribution in [-0.4, -0.2) is 52.8 Å². The summed E-state index contributed by atoms with van der Waals surface area (Å²) in [5, 5.41) is 0. The highest BCUT2D eigenvalue weighted by molar-refractivity contribution is 5.95. The fourth-order valence-electron chi connectivity index (χ4n) is 2.68. The predicted molar refractivity (Wildman–Crippen MR) is 85.2 cm³/mol. The molecule has 1 aromatic carbocycles. The number of aromatic nitrogens is 1. The molecule has 8 heteroatoms. The van der Waals surface area contributed by atoms with Crippen molar-refractivity contribution in [2.24, 2.45) is 0 Å². The number of benzene rings is 1. The van der Waals surface area contributed by atoms with Gasteiger partial charge in [-0.1, -0.05) is 0 Å². The normalized spacial score (nSPS) is 14.5. The van der Waals surface area contributed by atoms with Crippen LogP contribution in [0.3, 0.4) is 0 Å². The molecule has 6 nitrogen and oxygen atoms in total. The van der Waals surface area contributed by atoms with Crippen LogP contribution < -0.4 is 5.56 Å². The van der Waals surface area contributed by atoms with Gasteiger partial charge in [-0.05, 0) is 30.3 Å². The number of piperazine rings is 1. The second-order valence-corrected chi connectivity index (χ2v) is 5.63. The van der Waals surface area contributed by atoms with E-state index in [2.05, 4.69) is 4.98 Å². The zero-order valence-electron chi connectivity index (χ0n) is 13.2. The number of rotatable bonds is 2. The third kappa shape index (κ3) is 3.42. The summed E-state index contributed by atoms with van der Waals surface area (Å²) in [6.45, 7) is 0.994. The topological polar surface area (TPSA) is 73.5 Å². The Morgan fingerprint density at radius 1 is 0.920 bits per heavy atom. The third-order valence-electron chi connectivity index (χ3n) is 4.07. The number of aromatic amines is 1. The van der Waals surface area contributed by atoms with Crippen LogP contribution in [0.5, 0.6) is 0 Å². The van der Waals surface area contributed by atoms with E-state index in [1.807, 2.05) is 0 Å². The second kappa shape index (κ2) is 6.84. The van der Waals surface area contributed by atoms with Gasteiger partial charge in [0.2, 0.25) is 0 Å². The minimum atomic E-state index is -1.08. The molecule has 0 radical (unpaired) electrons. The van der Waals surface area contributed by atoms with Gasteiger partial charge in [-0.25, -0.2) is 8.78 Å². The van der Waals surface area contributed by atoms with Crippen LogP contribution in [0, 0.1) is 11.6 Å². The van der Waals surface area contributed by atoms with Gasteiger partial charge in [0.15, 0.2) is 11.6 Å². The Morgan fingerprint density at radius 2 is 1.56 bits per heavy atom. The number of carbonyl (C=O) groups excluding carboxylic acids is 2. The molecule has 2 heterocycles. The molecule has 1 fully saturated rings. The molecule has 25 heavy (non-hydrogen) atoms. The summed E-state index contributed by atoms with van der Waals surface area (Å²) in [4.78, 5) is 41.8. The van der Waals surface area contributed by atoms with Crippen molar-refractivity contribution in [3.8, 4) is 0 Å². The Labute approximate surface area is 141 Å². The molecule has 1 aromatic heterocycles. The average molecular weight is 347 g/mol. The molecule has 0 atom stereocenters. The lowest BCUT2D eigenvalue weighted by Gasteiger charge is -2.34. The minimum absolute atomic E-state index is 0.0443. The highest BCUT2D eigenvalue weighted by Crippen LogP contribution is 2.13. The number of pyridine rings is 1. The smallest absolute Gasteiger partial charge is 0.260 e. The van der Waals surface area contributed by atoms with Crippen molar-refractivity contribution in [2.45, 2.75) is 0 Å². The first kappa shape index (κ1) is 16.8. The summed E-state index contributed by atoms with van der Waals surface area (Å²) in [5.74, 6) is -2.92. The molecule has 2 amide bonds. The third-order valence-corrected chi connectivity index (χ3v) is 4.07. The molecule has 1 N–H and O–H groups in total. The fourth-order valence-corrected chi connectivity index (χ4v) is 2.68. The van der Waals surface area contributed by atoms with E-state index < -0.39 is 29.0 Å². The number of nitrogens with one attached hydrogen (secondary N) is 1. The zero-order chi connectivity index (χ0) is 18.0. The number of nitrogens with zero attached hydrogens (tertiary/aromatic N) is 2. The zero-order valence-corrected chi connectivity index (χ0v) is 13.2. The van der Waals surface area contributed by atoms with Gasteiger partial charge in [0.05, 0.1) is 0 Å². The van der Waals surface area contributed by atoms with E-state index in [1.54, 1.807) is 6.07 Å². The first-order valence-electron chi connectivity index (χ1n) is 7.68. The maximum absolute atomic E-state index is 13.3. The molecule has 1 aliphatic rings. The number of halogens is 2. The van der Waals surface area contributed by atoms with E-state index in [1.165, 1.54) is 28.1 Å². The summed E-state index contributed by atoms with van der Waals surface area (Å²) < 4.78 is 26.2. The second-order valence-electron chi connectivity index (χ2n) is 5.63. The van der Waals surface area contributed by atoms with Crippen molar-refractivity contribution >= 4 is 11.8 Å². The van der Waals surface area contributed by atoms with Crippen LogP contribution in [0.1, 0.15) is 20.7 Å². The van der Waals surface area contributed by atoms with Crippen LogP contribution in [0.4, 0.5) is 8.78 Å². The van der Waals surface area contributed by atoms with Crippen LogP contribution in [0.25, 0.3) is 0 Å². The fraction of sp³-hybridized carbons (Fsp3) is 0.235. The van der Waals surface area contributed by atoms with Crippen LogP contribution in [0.2, 0.25) is 0 Å². The number of H-pyrrole nitrogens is 1. The van der Waals surface area contributed by atoms with Crippen molar-refractivity contribution in [1.82, 2.24) is 14.8 Å². The van der Waals surface area contributed by atoms with E-state index >= 15 is 0 Å². The van der Waals surface area contributed by atoms with Gasteiger partial charge >= 0.3 is 0 Å². The standard InChI is InChI=1S/C17H15F2N3O3/c18-13-4-3-11(10-14(13)19)16(24)21-6-8-22(9-7-21)17(25)12-2-1-5-20-15(12)23/h1-5,10H,6-9H2,(H,20,23). The van der Waals surface area contributed by atoms with E-state index in [-0.39, 0.29) is 37.3 Å². The van der Waals surface area contributed by atoms with Gasteiger partial charge in [-0.15, -0.1) is 0 Å². The van der Waals surface area contributed by atoms with Crippen molar-refractivity contribution in [1.29, 1.82) is 0 Å². The van der Waals surface area contributed by atoms with Crippen molar-refractivity contribution in [3.05, 3.63) is 69.6 Å². The molecule has 0 unspecified atom stereocenters. The molecule has 3 rings (SSSR count). The molecule has 130 valence electrons. The van der Waals surface area contributed by atoms with Crippen LogP contribution in [0.15, 0.2) is 41.3 Å². The minimum Gasteiger partial charge on any atom is -0.335 e. The molecular formula is C17H15F2N3O3. The van der Waals surface area contributed by atoms with Gasteiger partial charge in [0.25, 0.3) is 17.4 Å². The monoisotopic (exact) mass is 347 g/mol. The first-order valence-corrected chi connectivity index (χ1v) is 7.68. The van der Waals surface area contributed by atoms with Crippen molar-refractivity contribution in [3.63, 3.8) is 0 Å². The molecule has 0 saturated carbocycles. The van der Waals surface area contributed by atoms with Crippen LogP contribution in [-0.2, 0) is 0 Å². The Balaban J connectivity index is 1.66. The largest absolute Gasteiger partial charge is 0.335 e. The molecule has 1 aliphatic heterocycles. The predicted octanol–water partition coefficient (Wildman–Crippen LogP) is 1.25. The Kier molecular flexibility index (Phi) is 4.60. The van der Waals surface area contributed by atoms with Gasteiger partial charge in [0.1, 0.15) is 5.56 Å². The number of hydrogen-bond donors (Lipinski definition) is 1. The Bertz CT molecular complexity index is 873. The summed E-state index contributed by atoms with van der Waals surface area (Å²) in [7, 11) is 0. The molecular weight excluding hydrogens is 332 g/mol. The lowest BCUT2D eigenvalue weighted by atomic mass is 10.1. The van der Waals surface area contributed by atoms with E-state index in [4.69, 9.17) is 0 Å². The Hall–Kier alpha value is -3.03. The maximum Gasteiger partial charge on any atom is 0.260 e. The highest BCUT2D eigenvalue weighted by atomic mass is 19.2. The van der Waals surface area contributed by atoms with Gasteiger partial charge in [0, 0.05) is 37.9 Å². The van der Waals surface area contributed by atoms with E-state index in [9.17, 15) is 23.2 Å². The van der Waals surface area contributed by atoms with Gasteiger partial charge < -0.3 is 14.8 Å². The molecule has 0 spiro atoms. The summed E-state index contributed by atoms with van der Waals surface area (Å²) >= 11 is 0. The van der Waals surface area contributed by atoms with Gasteiger partial charge in [-0.2, -0.15) is 0 Å². The number of amides is 2. The first-order chi connectivity index (χ1) is 12.0. The molecule has 0 aliphatic carbocycles. The van der Waals surface area contributed by atoms with E-state index in [0.29, 0.717) is 0 Å². The van der Waals surface area contributed by atoms with Crippen LogP contribution >= 0.6 is 0 Å².